The largest absolute Gasteiger partial charge is 0.322 e. The lowest BCUT2D eigenvalue weighted by molar-refractivity contribution is -0.122. The van der Waals surface area contributed by atoms with E-state index in [-0.39, 0.29) is 11.8 Å². The summed E-state index contributed by atoms with van der Waals surface area (Å²) in [7, 11) is 0. The van der Waals surface area contributed by atoms with E-state index in [0.717, 1.165) is 24.1 Å². The van der Waals surface area contributed by atoms with E-state index < -0.39 is 5.41 Å². The normalized spacial score (nSPS) is 18.4. The summed E-state index contributed by atoms with van der Waals surface area (Å²) in [4.78, 5) is 30.9. The number of anilines is 2. The summed E-state index contributed by atoms with van der Waals surface area (Å²) in [5.41, 5.74) is 2.64. The highest BCUT2D eigenvalue weighted by Crippen LogP contribution is 2.47. The molecule has 0 atom stereocenters. The monoisotopic (exact) mass is 321 g/mol. The van der Waals surface area contributed by atoms with Gasteiger partial charge in [0.05, 0.1) is 16.7 Å². The first-order valence-corrected chi connectivity index (χ1v) is 8.18. The minimum Gasteiger partial charge on any atom is -0.322 e. The Labute approximate surface area is 140 Å². The van der Waals surface area contributed by atoms with Crippen LogP contribution in [0, 0.1) is 0 Å². The fourth-order valence-electron chi connectivity index (χ4n) is 3.26. The highest BCUT2D eigenvalue weighted by molar-refractivity contribution is 6.10. The molecule has 5 nitrogen and oxygen atoms in total. The Balaban J connectivity index is 1.66. The van der Waals surface area contributed by atoms with Crippen LogP contribution in [0.15, 0.2) is 42.7 Å². The second-order valence-electron chi connectivity index (χ2n) is 6.96. The molecule has 1 saturated carbocycles. The molecule has 2 aromatic rings. The second kappa shape index (κ2) is 5.16. The summed E-state index contributed by atoms with van der Waals surface area (Å²) in [6.45, 7) is 3.93. The zero-order valence-corrected chi connectivity index (χ0v) is 13.7. The standard InChI is InChI=1S/C19H19N3O2/c1-19(2)15-8-5-13(21-17(23)12-4-3-9-20-11-12)10-16(15)22(18(19)24)14-6-7-14/h3-5,8-11,14H,6-7H2,1-2H3,(H,21,23). The van der Waals surface area contributed by atoms with Crippen molar-refractivity contribution >= 4 is 23.2 Å². The molecule has 2 amide bonds. The topological polar surface area (TPSA) is 62.3 Å². The first-order chi connectivity index (χ1) is 11.5. The SMILES string of the molecule is CC1(C)C(=O)N(C2CC2)c2cc(NC(=O)c3cccnc3)ccc21. The molecule has 1 aliphatic heterocycles. The van der Waals surface area contributed by atoms with E-state index in [1.165, 1.54) is 6.20 Å². The lowest BCUT2D eigenvalue weighted by Gasteiger charge is -2.19. The molecule has 0 radical (unpaired) electrons. The summed E-state index contributed by atoms with van der Waals surface area (Å²) in [6.07, 6.45) is 5.26. The zero-order valence-electron chi connectivity index (χ0n) is 13.7. The average molecular weight is 321 g/mol. The summed E-state index contributed by atoms with van der Waals surface area (Å²) < 4.78 is 0. The molecule has 0 spiro atoms. The Hall–Kier alpha value is -2.69. The Morgan fingerprint density at radius 2 is 2.08 bits per heavy atom. The number of nitrogens with zero attached hydrogens (tertiary/aromatic N) is 2. The molecule has 1 aliphatic carbocycles. The number of pyridine rings is 1. The quantitative estimate of drug-likeness (QED) is 0.945. The van der Waals surface area contributed by atoms with E-state index in [4.69, 9.17) is 0 Å². The molecule has 122 valence electrons. The van der Waals surface area contributed by atoms with Gasteiger partial charge in [0.1, 0.15) is 0 Å². The van der Waals surface area contributed by atoms with Crippen molar-refractivity contribution in [3.05, 3.63) is 53.9 Å². The first-order valence-electron chi connectivity index (χ1n) is 8.18. The van der Waals surface area contributed by atoms with Crippen molar-refractivity contribution in [3.63, 3.8) is 0 Å². The highest BCUT2D eigenvalue weighted by atomic mass is 16.2. The molecule has 1 N–H and O–H groups in total. The van der Waals surface area contributed by atoms with Crippen molar-refractivity contribution in [1.82, 2.24) is 4.98 Å². The number of fused-ring (bicyclic) bond motifs is 1. The molecule has 2 heterocycles. The Bertz CT molecular complexity index is 826. The first kappa shape index (κ1) is 14.9. The highest BCUT2D eigenvalue weighted by Gasteiger charge is 2.48. The summed E-state index contributed by atoms with van der Waals surface area (Å²) in [6, 6.07) is 9.48. The van der Waals surface area contributed by atoms with Gasteiger partial charge in [0.15, 0.2) is 0 Å². The minimum absolute atomic E-state index is 0.149. The smallest absolute Gasteiger partial charge is 0.257 e. The number of hydrogen-bond donors (Lipinski definition) is 1. The van der Waals surface area contributed by atoms with Gasteiger partial charge in [0.25, 0.3) is 5.91 Å². The fraction of sp³-hybridized carbons (Fsp3) is 0.316. The molecule has 1 aromatic carbocycles. The minimum atomic E-state index is -0.510. The van der Waals surface area contributed by atoms with Gasteiger partial charge in [-0.2, -0.15) is 0 Å². The molecule has 5 heteroatoms. The molecular formula is C19H19N3O2. The van der Waals surface area contributed by atoms with Crippen LogP contribution < -0.4 is 10.2 Å². The second-order valence-corrected chi connectivity index (χ2v) is 6.96. The summed E-state index contributed by atoms with van der Waals surface area (Å²) in [5.74, 6) is -0.0552. The predicted molar refractivity (Wildman–Crippen MR) is 92.2 cm³/mol. The third kappa shape index (κ3) is 2.28. The molecule has 0 bridgehead atoms. The van der Waals surface area contributed by atoms with Crippen LogP contribution in [0.5, 0.6) is 0 Å². The lowest BCUT2D eigenvalue weighted by Crippen LogP contribution is -2.37. The van der Waals surface area contributed by atoms with Gasteiger partial charge in [-0.25, -0.2) is 0 Å². The maximum atomic E-state index is 12.8. The molecule has 4 rings (SSSR count). The van der Waals surface area contributed by atoms with Crippen LogP contribution in [0.1, 0.15) is 42.6 Å². The Morgan fingerprint density at radius 1 is 1.29 bits per heavy atom. The number of aromatic nitrogens is 1. The molecule has 0 unspecified atom stereocenters. The van der Waals surface area contributed by atoms with E-state index in [1.54, 1.807) is 18.3 Å². The van der Waals surface area contributed by atoms with Crippen molar-refractivity contribution in [2.75, 3.05) is 10.2 Å². The fourth-order valence-corrected chi connectivity index (χ4v) is 3.26. The van der Waals surface area contributed by atoms with Crippen molar-refractivity contribution in [1.29, 1.82) is 0 Å². The van der Waals surface area contributed by atoms with Gasteiger partial charge in [0.2, 0.25) is 5.91 Å². The van der Waals surface area contributed by atoms with Gasteiger partial charge in [-0.1, -0.05) is 6.07 Å². The Morgan fingerprint density at radius 3 is 2.75 bits per heavy atom. The van der Waals surface area contributed by atoms with Crippen LogP contribution >= 0.6 is 0 Å². The van der Waals surface area contributed by atoms with Gasteiger partial charge in [-0.05, 0) is 56.5 Å². The van der Waals surface area contributed by atoms with E-state index in [0.29, 0.717) is 17.3 Å². The third-order valence-corrected chi connectivity index (χ3v) is 4.78. The third-order valence-electron chi connectivity index (χ3n) is 4.78. The number of carbonyl (C=O) groups is 2. The number of carbonyl (C=O) groups excluding carboxylic acids is 2. The Kier molecular flexibility index (Phi) is 3.20. The molecule has 0 saturated heterocycles. The van der Waals surface area contributed by atoms with Crippen molar-refractivity contribution < 1.29 is 9.59 Å². The van der Waals surface area contributed by atoms with Gasteiger partial charge >= 0.3 is 0 Å². The summed E-state index contributed by atoms with van der Waals surface area (Å²) in [5, 5.41) is 2.89. The number of amides is 2. The van der Waals surface area contributed by atoms with Crippen LogP contribution in [0.25, 0.3) is 0 Å². The number of benzene rings is 1. The van der Waals surface area contributed by atoms with Crippen molar-refractivity contribution in [2.45, 2.75) is 38.1 Å². The molecule has 1 fully saturated rings. The van der Waals surface area contributed by atoms with Crippen LogP contribution in [0.4, 0.5) is 11.4 Å². The molecule has 2 aliphatic rings. The summed E-state index contributed by atoms with van der Waals surface area (Å²) >= 11 is 0. The van der Waals surface area contributed by atoms with Gasteiger partial charge in [-0.15, -0.1) is 0 Å². The van der Waals surface area contributed by atoms with E-state index in [9.17, 15) is 9.59 Å². The average Bonchev–Trinajstić information content (AvgIpc) is 3.38. The number of hydrogen-bond acceptors (Lipinski definition) is 3. The maximum Gasteiger partial charge on any atom is 0.257 e. The van der Waals surface area contributed by atoms with Gasteiger partial charge in [-0.3, -0.25) is 14.6 Å². The predicted octanol–water partition coefficient (Wildman–Crippen LogP) is 3.12. The number of rotatable bonds is 3. The molecular weight excluding hydrogens is 302 g/mol. The van der Waals surface area contributed by atoms with Crippen LogP contribution in [0.3, 0.4) is 0 Å². The van der Waals surface area contributed by atoms with Crippen molar-refractivity contribution in [2.24, 2.45) is 0 Å². The van der Waals surface area contributed by atoms with Crippen molar-refractivity contribution in [3.8, 4) is 0 Å². The number of nitrogens with one attached hydrogen (secondary N) is 1. The van der Waals surface area contributed by atoms with Crippen LogP contribution in [-0.4, -0.2) is 22.8 Å². The van der Waals surface area contributed by atoms with Gasteiger partial charge < -0.3 is 10.2 Å². The van der Waals surface area contributed by atoms with Gasteiger partial charge in [0, 0.05) is 24.1 Å². The van der Waals surface area contributed by atoms with Crippen LogP contribution in [0.2, 0.25) is 0 Å². The maximum absolute atomic E-state index is 12.8. The van der Waals surface area contributed by atoms with E-state index in [1.807, 2.05) is 36.9 Å². The van der Waals surface area contributed by atoms with Crippen LogP contribution in [-0.2, 0) is 10.2 Å². The van der Waals surface area contributed by atoms with E-state index >= 15 is 0 Å². The molecule has 1 aromatic heterocycles. The lowest BCUT2D eigenvalue weighted by atomic mass is 9.86. The van der Waals surface area contributed by atoms with E-state index in [2.05, 4.69) is 10.3 Å². The molecule has 24 heavy (non-hydrogen) atoms. The zero-order chi connectivity index (χ0) is 16.9.